The molecule has 4 fully saturated rings. The van der Waals surface area contributed by atoms with Crippen LogP contribution in [0.15, 0.2) is 121 Å². The van der Waals surface area contributed by atoms with Gasteiger partial charge in [0.25, 0.3) is 0 Å². The van der Waals surface area contributed by atoms with Gasteiger partial charge >= 0.3 is 23.9 Å². The number of thioether (sulfide) groups is 4. The number of carbonyl (C=O) groups is 4. The van der Waals surface area contributed by atoms with Gasteiger partial charge in [0.15, 0.2) is 18.3 Å². The summed E-state index contributed by atoms with van der Waals surface area (Å²) in [5.74, 6) is 0.0133. The van der Waals surface area contributed by atoms with E-state index in [9.17, 15) is 65.1 Å². The fourth-order valence-electron chi connectivity index (χ4n) is 16.8. The summed E-state index contributed by atoms with van der Waals surface area (Å²) in [5.41, 5.74) is -1.19. The van der Waals surface area contributed by atoms with Gasteiger partial charge in [-0.15, -0.1) is 47.0 Å². The molecule has 0 radical (unpaired) electrons. The van der Waals surface area contributed by atoms with Crippen molar-refractivity contribution in [3.8, 4) is 0 Å². The Bertz CT molecular complexity index is 3520. The minimum Gasteiger partial charge on any atom is -0.458 e. The zero-order chi connectivity index (χ0) is 97.8. The third kappa shape index (κ3) is 48.9. The highest BCUT2D eigenvalue weighted by Gasteiger charge is 2.56. The lowest BCUT2D eigenvalue weighted by molar-refractivity contribution is -0.0899. The lowest BCUT2D eigenvalue weighted by atomic mass is 10.0. The van der Waals surface area contributed by atoms with Crippen LogP contribution in [0, 0.1) is 0 Å². The smallest absolute Gasteiger partial charge is 0.338 e. The summed E-state index contributed by atoms with van der Waals surface area (Å²) in [6, 6.07) is 34.2. The van der Waals surface area contributed by atoms with Gasteiger partial charge in [0.2, 0.25) is 0 Å². The van der Waals surface area contributed by atoms with Crippen LogP contribution in [0.2, 0.25) is 0 Å². The van der Waals surface area contributed by atoms with Crippen molar-refractivity contribution in [2.75, 3.05) is 43.7 Å². The molecule has 12 N–H and O–H groups in total. The molecule has 4 aromatic carbocycles. The Labute approximate surface area is 825 Å². The Morgan fingerprint density at radius 2 is 0.541 bits per heavy atom. The molecule has 770 valence electrons. The highest BCUT2D eigenvalue weighted by molar-refractivity contribution is 8.00. The number of aliphatic hydroxyl groups is 12. The average Bonchev–Trinajstić information content (AvgIpc) is 1.63. The molecule has 4 aliphatic heterocycles. The number of carbonyl (C=O) groups excluding carboxylic acids is 4. The second kappa shape index (κ2) is 76.2. The van der Waals surface area contributed by atoms with Gasteiger partial charge in [0, 0.05) is 5.25 Å². The molecule has 135 heavy (non-hydrogen) atoms. The molecule has 0 aromatic heterocycles. The van der Waals surface area contributed by atoms with Gasteiger partial charge in [-0.3, -0.25) is 0 Å². The molecule has 0 unspecified atom stereocenters. The fourth-order valence-corrected chi connectivity index (χ4v) is 21.9. The number of ether oxygens (including phenoxy) is 8. The van der Waals surface area contributed by atoms with Crippen molar-refractivity contribution >= 4 is 70.9 Å². The van der Waals surface area contributed by atoms with Crippen molar-refractivity contribution in [2.45, 2.75) is 455 Å². The Morgan fingerprint density at radius 1 is 0.296 bits per heavy atom. The van der Waals surface area contributed by atoms with Crippen LogP contribution in [0.3, 0.4) is 0 Å². The van der Waals surface area contributed by atoms with Crippen LogP contribution in [-0.4, -0.2) is 253 Å². The molecule has 4 aromatic rings. The quantitative estimate of drug-likeness (QED) is 0.0111. The number of hydrogen-bond donors (Lipinski definition) is 12. The van der Waals surface area contributed by atoms with Gasteiger partial charge in [0.1, 0.15) is 108 Å². The van der Waals surface area contributed by atoms with Crippen LogP contribution in [0.25, 0.3) is 0 Å². The van der Waals surface area contributed by atoms with E-state index in [-0.39, 0.29) is 16.4 Å². The van der Waals surface area contributed by atoms with E-state index in [0.717, 1.165) is 75.0 Å². The molecule has 0 bridgehead atoms. The van der Waals surface area contributed by atoms with Crippen molar-refractivity contribution in [1.29, 1.82) is 0 Å². The molecule has 24 nitrogen and oxygen atoms in total. The highest BCUT2D eigenvalue weighted by Crippen LogP contribution is 2.42. The number of rotatable bonds is 70. The van der Waals surface area contributed by atoms with Crippen molar-refractivity contribution in [2.24, 2.45) is 0 Å². The molecule has 20 atom stereocenters. The molecule has 0 aliphatic carbocycles. The lowest BCUT2D eigenvalue weighted by Gasteiger charge is -2.28. The molecule has 0 spiro atoms. The maximum absolute atomic E-state index is 14.0. The maximum atomic E-state index is 14.0. The number of hydrogen-bond acceptors (Lipinski definition) is 28. The predicted molar refractivity (Wildman–Crippen MR) is 543 cm³/mol. The first-order chi connectivity index (χ1) is 65.7. The van der Waals surface area contributed by atoms with E-state index in [1.165, 1.54) is 273 Å². The third-order valence-corrected chi connectivity index (χ3v) is 30.4. The SMILES string of the molecule is CCCCCCCCCCC(CCCCCCCCCC)S[C@@H]1O[C@@H]([C@@H](COC(=O)c2ccccc2)OC(=O)c2ccccc2)[C@H](OC(=O)c2ccccc2)[C@H]1OC(=O)c1ccccc1.CCCCCCCCCCCCCCCCS[C@@H]1O[C@@H]([C@H](O)CO)[C@H](O)[C@H]1O.CCCCCCCCCCS[C@@H]1O[C@@H]([C@H](O)CO)[C@H](O)[C@H]1O.CCCCCCCCS[C@@H]1O[C@@H]([C@H](O)CO)[C@H](O)[C@H]1O. The van der Waals surface area contributed by atoms with Crippen LogP contribution < -0.4 is 0 Å². The minimum atomic E-state index is -1.27. The van der Waals surface area contributed by atoms with E-state index in [2.05, 4.69) is 34.6 Å². The highest BCUT2D eigenvalue weighted by atomic mass is 32.2. The van der Waals surface area contributed by atoms with Crippen LogP contribution in [0.4, 0.5) is 0 Å². The second-order valence-electron chi connectivity index (χ2n) is 36.6. The van der Waals surface area contributed by atoms with E-state index in [4.69, 9.17) is 53.2 Å². The van der Waals surface area contributed by atoms with Crippen LogP contribution >= 0.6 is 47.0 Å². The van der Waals surface area contributed by atoms with Crippen molar-refractivity contribution in [1.82, 2.24) is 0 Å². The Balaban J connectivity index is 0.000000374. The van der Waals surface area contributed by atoms with Crippen LogP contribution in [0.5, 0.6) is 0 Å². The monoisotopic (exact) mass is 1970 g/mol. The summed E-state index contributed by atoms with van der Waals surface area (Å²) in [7, 11) is 0. The predicted octanol–water partition coefficient (Wildman–Crippen LogP) is 19.9. The Kier molecular flexibility index (Phi) is 68.3. The molecule has 0 amide bonds. The summed E-state index contributed by atoms with van der Waals surface area (Å²) in [6.45, 7) is 9.28. The fraction of sp³-hybridized carbons (Fsp3) is 0.738. The minimum absolute atomic E-state index is 0.142. The number of aliphatic hydroxyl groups excluding tert-OH is 12. The van der Waals surface area contributed by atoms with E-state index in [1.807, 2.05) is 6.07 Å². The molecule has 8 rings (SSSR count). The van der Waals surface area contributed by atoms with Crippen molar-refractivity contribution in [3.05, 3.63) is 144 Å². The van der Waals surface area contributed by atoms with E-state index < -0.39 is 170 Å². The summed E-state index contributed by atoms with van der Waals surface area (Å²) in [6.07, 6.45) is 39.6. The van der Waals surface area contributed by atoms with E-state index in [0.29, 0.717) is 11.1 Å². The number of unbranched alkanes of at least 4 members (excludes halogenated alkanes) is 39. The molecule has 4 saturated heterocycles. The summed E-state index contributed by atoms with van der Waals surface area (Å²) in [4.78, 5) is 55.3. The molecule has 0 saturated carbocycles. The first-order valence-electron chi connectivity index (χ1n) is 51.8. The number of benzene rings is 4. The molecular formula is C107H174O24S4. The summed E-state index contributed by atoms with van der Waals surface area (Å²) < 4.78 is 48.1. The van der Waals surface area contributed by atoms with Gasteiger partial charge in [-0.2, -0.15) is 0 Å². The first kappa shape index (κ1) is 121. The molecule has 4 heterocycles. The van der Waals surface area contributed by atoms with E-state index >= 15 is 0 Å². The van der Waals surface area contributed by atoms with Gasteiger partial charge in [0.05, 0.1) is 42.1 Å². The van der Waals surface area contributed by atoms with Crippen molar-refractivity contribution in [3.63, 3.8) is 0 Å². The summed E-state index contributed by atoms with van der Waals surface area (Å²) >= 11 is 6.02. The van der Waals surface area contributed by atoms with Gasteiger partial charge in [-0.25, -0.2) is 19.2 Å². The first-order valence-corrected chi connectivity index (χ1v) is 55.9. The summed E-state index contributed by atoms with van der Waals surface area (Å²) in [5, 5.41) is 115. The molecule has 4 aliphatic rings. The zero-order valence-corrected chi connectivity index (χ0v) is 85.3. The van der Waals surface area contributed by atoms with E-state index in [1.54, 1.807) is 127 Å². The normalized spacial score (nSPS) is 23.3. The lowest BCUT2D eigenvalue weighted by Crippen LogP contribution is -2.47. The van der Waals surface area contributed by atoms with Crippen molar-refractivity contribution < 1.29 is 118 Å². The topological polar surface area (TPSA) is 385 Å². The molecule has 28 heteroatoms. The van der Waals surface area contributed by atoms with Crippen LogP contribution in [-0.2, 0) is 37.9 Å². The van der Waals surface area contributed by atoms with Gasteiger partial charge in [-0.05, 0) is 97.9 Å². The van der Waals surface area contributed by atoms with Crippen LogP contribution in [0.1, 0.15) is 371 Å². The Morgan fingerprint density at radius 3 is 0.822 bits per heavy atom. The molecular weight excluding hydrogens is 1800 g/mol. The second-order valence-corrected chi connectivity index (χ2v) is 41.6. The largest absolute Gasteiger partial charge is 0.458 e. The third-order valence-electron chi connectivity index (χ3n) is 25.1. The Hall–Kier alpha value is -4.48. The zero-order valence-electron chi connectivity index (χ0n) is 82.0. The average molecular weight is 1970 g/mol. The maximum Gasteiger partial charge on any atom is 0.338 e. The van der Waals surface area contributed by atoms with Gasteiger partial charge in [-0.1, -0.05) is 371 Å². The standard InChI is InChI=1S/C55H70O9S.C22H44O5S.C16H32O5S.C14H28O5S/c1-3-5-7-9-11-13-15-29-39-46(40-30-16-14-12-10-8-6-4-2)65-55-50(63-54(59)45-37-27-20-28-38-45)49(62-53(58)44-35-25-19-26-36-44)48(64-55)47(61-52(57)43-33-23-18-24-34-43)41-60-51(56)42-31-21-17-22-32-42;1-2-3-4-5-6-7-8-9-10-11-12-13-14-15-16-28-22-20(26)19(25)21(27-22)18(24)17-23;1-2-3-4-5-6-7-8-9-10-22-16-14(20)13(19)15(21-16)12(18)11-17;1-2-3-4-5-6-7-8-20-14-12(18)11(17)13(19-14)10(16)9-15/h17-28,31-38,46-50,55H,3-16,29-30,39-41H2,1-2H3;18-26H,2-17H2,1H3;12-20H,2-11H2,1H3;10-18H,2-9H2,1H3/t47-,48+,49+,50-,55+;18-,19-,20-,21+,22+;12-,13-,14-,15+,16+;10-,11-,12-,13+,14+/m1111/s1. The van der Waals surface area contributed by atoms with Gasteiger partial charge < -0.3 is 99.2 Å². The number of esters is 4.